The molecule has 0 aliphatic heterocycles. The molecule has 2 N–H and O–H groups in total. The van der Waals surface area contributed by atoms with Gasteiger partial charge in [-0.05, 0) is 23.6 Å². The first-order chi connectivity index (χ1) is 8.58. The SMILES string of the molecule is Nc1ccc(OC(=O)Cc2cccs2)c(Cl)c1Cl. The van der Waals surface area contributed by atoms with Gasteiger partial charge in [-0.25, -0.2) is 0 Å². The van der Waals surface area contributed by atoms with Gasteiger partial charge in [-0.1, -0.05) is 29.3 Å². The number of hydrogen-bond donors (Lipinski definition) is 1. The summed E-state index contributed by atoms with van der Waals surface area (Å²) in [5.74, 6) is -0.169. The molecule has 0 atom stereocenters. The number of carbonyl (C=O) groups is 1. The first-order valence-corrected chi connectivity index (χ1v) is 6.68. The standard InChI is InChI=1S/C12H9Cl2NO2S/c13-11-8(15)3-4-9(12(11)14)17-10(16)6-7-2-1-5-18-7/h1-5H,6,15H2. The third-order valence-corrected chi connectivity index (χ3v) is 3.95. The van der Waals surface area contributed by atoms with Gasteiger partial charge < -0.3 is 10.5 Å². The van der Waals surface area contributed by atoms with E-state index in [2.05, 4.69) is 0 Å². The Labute approximate surface area is 118 Å². The Morgan fingerprint density at radius 1 is 1.28 bits per heavy atom. The molecule has 0 unspecified atom stereocenters. The maximum absolute atomic E-state index is 11.7. The average molecular weight is 302 g/mol. The fourth-order valence-corrected chi connectivity index (χ4v) is 2.40. The predicted octanol–water partition coefficient (Wildman–Crippen LogP) is 3.79. The Kier molecular flexibility index (Phi) is 4.11. The fourth-order valence-electron chi connectivity index (χ4n) is 1.34. The van der Waals surface area contributed by atoms with Gasteiger partial charge in [0.2, 0.25) is 0 Å². The van der Waals surface area contributed by atoms with Gasteiger partial charge in [0.15, 0.2) is 5.75 Å². The van der Waals surface area contributed by atoms with Crippen LogP contribution in [-0.2, 0) is 11.2 Å². The molecule has 94 valence electrons. The number of esters is 1. The minimum absolute atomic E-state index is 0.149. The summed E-state index contributed by atoms with van der Waals surface area (Å²) < 4.78 is 5.15. The Morgan fingerprint density at radius 3 is 2.72 bits per heavy atom. The van der Waals surface area contributed by atoms with Crippen molar-refractivity contribution < 1.29 is 9.53 Å². The molecule has 2 aromatic rings. The molecule has 0 bridgehead atoms. The molecule has 0 amide bonds. The third kappa shape index (κ3) is 2.96. The number of rotatable bonds is 3. The molecule has 2 rings (SSSR count). The molecule has 0 radical (unpaired) electrons. The highest BCUT2D eigenvalue weighted by Gasteiger charge is 2.13. The maximum atomic E-state index is 11.7. The quantitative estimate of drug-likeness (QED) is 0.533. The summed E-state index contributed by atoms with van der Waals surface area (Å²) in [6.45, 7) is 0. The van der Waals surface area contributed by atoms with E-state index < -0.39 is 0 Å². The van der Waals surface area contributed by atoms with Gasteiger partial charge in [-0.15, -0.1) is 11.3 Å². The largest absolute Gasteiger partial charge is 0.425 e. The second-order valence-electron chi connectivity index (χ2n) is 3.51. The van der Waals surface area contributed by atoms with Crippen LogP contribution in [0.2, 0.25) is 10.0 Å². The van der Waals surface area contributed by atoms with E-state index in [-0.39, 0.29) is 28.2 Å². The molecule has 18 heavy (non-hydrogen) atoms. The number of thiophene rings is 1. The lowest BCUT2D eigenvalue weighted by atomic mass is 10.3. The monoisotopic (exact) mass is 301 g/mol. The predicted molar refractivity (Wildman–Crippen MR) is 74.5 cm³/mol. The van der Waals surface area contributed by atoms with Crippen LogP contribution in [-0.4, -0.2) is 5.97 Å². The van der Waals surface area contributed by atoms with Crippen molar-refractivity contribution in [2.24, 2.45) is 0 Å². The number of nitrogen functional groups attached to an aromatic ring is 1. The van der Waals surface area contributed by atoms with Crippen molar-refractivity contribution in [1.29, 1.82) is 0 Å². The lowest BCUT2D eigenvalue weighted by Gasteiger charge is -2.08. The van der Waals surface area contributed by atoms with E-state index in [0.29, 0.717) is 5.69 Å². The third-order valence-electron chi connectivity index (χ3n) is 2.20. The molecule has 1 aromatic carbocycles. The lowest BCUT2D eigenvalue weighted by Crippen LogP contribution is -2.10. The molecule has 6 heteroatoms. The van der Waals surface area contributed by atoms with E-state index in [0.717, 1.165) is 4.88 Å². The molecule has 1 heterocycles. The molecule has 0 fully saturated rings. The van der Waals surface area contributed by atoms with Crippen LogP contribution in [0.1, 0.15) is 4.88 Å². The van der Waals surface area contributed by atoms with Crippen LogP contribution >= 0.6 is 34.5 Å². The number of benzene rings is 1. The number of nitrogens with two attached hydrogens (primary N) is 1. The van der Waals surface area contributed by atoms with Gasteiger partial charge in [0.05, 0.1) is 17.1 Å². The van der Waals surface area contributed by atoms with Gasteiger partial charge in [-0.3, -0.25) is 4.79 Å². The number of hydrogen-bond acceptors (Lipinski definition) is 4. The normalized spacial score (nSPS) is 10.3. The van der Waals surface area contributed by atoms with Gasteiger partial charge in [0, 0.05) is 4.88 Å². The molecule has 0 saturated carbocycles. The lowest BCUT2D eigenvalue weighted by molar-refractivity contribution is -0.133. The second kappa shape index (κ2) is 5.61. The van der Waals surface area contributed by atoms with Crippen molar-refractivity contribution in [2.75, 3.05) is 5.73 Å². The van der Waals surface area contributed by atoms with E-state index in [1.54, 1.807) is 6.07 Å². The Balaban J connectivity index is 2.10. The van der Waals surface area contributed by atoms with Crippen LogP contribution in [0, 0.1) is 0 Å². The summed E-state index contributed by atoms with van der Waals surface area (Å²) in [4.78, 5) is 12.6. The highest BCUT2D eigenvalue weighted by Crippen LogP contribution is 2.36. The van der Waals surface area contributed by atoms with Crippen LogP contribution in [0.15, 0.2) is 29.6 Å². The van der Waals surface area contributed by atoms with Gasteiger partial charge in [0.1, 0.15) is 5.02 Å². The molecule has 0 saturated heterocycles. The summed E-state index contributed by atoms with van der Waals surface area (Å²) in [5, 5.41) is 2.24. The topological polar surface area (TPSA) is 52.3 Å². The van der Waals surface area contributed by atoms with E-state index in [1.807, 2.05) is 17.5 Å². The minimum atomic E-state index is -0.389. The summed E-state index contributed by atoms with van der Waals surface area (Å²) in [5.41, 5.74) is 5.92. The van der Waals surface area contributed by atoms with Crippen molar-refractivity contribution >= 4 is 46.2 Å². The number of anilines is 1. The van der Waals surface area contributed by atoms with E-state index in [1.165, 1.54) is 17.4 Å². The minimum Gasteiger partial charge on any atom is -0.425 e. The summed E-state index contributed by atoms with van der Waals surface area (Å²) in [7, 11) is 0. The molecule has 0 aliphatic rings. The Bertz CT molecular complexity index is 570. The van der Waals surface area contributed by atoms with Crippen molar-refractivity contribution in [3.05, 3.63) is 44.6 Å². The highest BCUT2D eigenvalue weighted by molar-refractivity contribution is 7.10. The number of ether oxygens (including phenoxy) is 1. The first kappa shape index (κ1) is 13.2. The summed E-state index contributed by atoms with van der Waals surface area (Å²) in [6.07, 6.45) is 0.204. The zero-order chi connectivity index (χ0) is 13.1. The Morgan fingerprint density at radius 2 is 2.06 bits per heavy atom. The van der Waals surface area contributed by atoms with Crippen LogP contribution < -0.4 is 10.5 Å². The van der Waals surface area contributed by atoms with E-state index in [4.69, 9.17) is 33.7 Å². The van der Waals surface area contributed by atoms with Crippen LogP contribution in [0.5, 0.6) is 5.75 Å². The highest BCUT2D eigenvalue weighted by atomic mass is 35.5. The smallest absolute Gasteiger partial charge is 0.316 e. The molecule has 1 aromatic heterocycles. The molecular weight excluding hydrogens is 293 g/mol. The van der Waals surface area contributed by atoms with Crippen molar-refractivity contribution in [3.63, 3.8) is 0 Å². The van der Waals surface area contributed by atoms with Crippen LogP contribution in [0.3, 0.4) is 0 Å². The summed E-state index contributed by atoms with van der Waals surface area (Å²) in [6, 6.07) is 6.81. The zero-order valence-corrected chi connectivity index (χ0v) is 11.5. The van der Waals surface area contributed by atoms with E-state index >= 15 is 0 Å². The molecule has 0 aliphatic carbocycles. The van der Waals surface area contributed by atoms with E-state index in [9.17, 15) is 4.79 Å². The molecule has 3 nitrogen and oxygen atoms in total. The summed E-state index contributed by atoms with van der Waals surface area (Å²) >= 11 is 13.3. The van der Waals surface area contributed by atoms with Gasteiger partial charge in [-0.2, -0.15) is 0 Å². The van der Waals surface area contributed by atoms with Crippen molar-refractivity contribution in [3.8, 4) is 5.75 Å². The second-order valence-corrected chi connectivity index (χ2v) is 5.30. The average Bonchev–Trinajstić information content (AvgIpc) is 2.83. The Hall–Kier alpha value is -1.23. The maximum Gasteiger partial charge on any atom is 0.316 e. The van der Waals surface area contributed by atoms with Gasteiger partial charge in [0.25, 0.3) is 0 Å². The van der Waals surface area contributed by atoms with Crippen LogP contribution in [0.4, 0.5) is 5.69 Å². The van der Waals surface area contributed by atoms with Crippen molar-refractivity contribution in [2.45, 2.75) is 6.42 Å². The number of halogens is 2. The fraction of sp³-hybridized carbons (Fsp3) is 0.0833. The molecule has 0 spiro atoms. The van der Waals surface area contributed by atoms with Crippen molar-refractivity contribution in [1.82, 2.24) is 0 Å². The van der Waals surface area contributed by atoms with Crippen LogP contribution in [0.25, 0.3) is 0 Å². The number of carbonyl (C=O) groups excluding carboxylic acids is 1. The first-order valence-electron chi connectivity index (χ1n) is 5.04. The zero-order valence-electron chi connectivity index (χ0n) is 9.15. The molecular formula is C12H9Cl2NO2S. The van der Waals surface area contributed by atoms with Gasteiger partial charge >= 0.3 is 5.97 Å².